The standard InChI is InChI=1S/C15H20N2O3/c1-17(10-13-9-16-5-7-19-13)15(18)12-2-3-14-11(8-12)4-6-20-14/h2-3,8,13,16H,4-7,9-10H2,1H3. The molecule has 1 N–H and O–H groups in total. The molecule has 0 bridgehead atoms. The molecule has 2 aliphatic heterocycles. The maximum Gasteiger partial charge on any atom is 0.253 e. The zero-order valence-corrected chi connectivity index (χ0v) is 11.7. The summed E-state index contributed by atoms with van der Waals surface area (Å²) in [7, 11) is 1.82. The second kappa shape index (κ2) is 5.81. The number of hydrogen-bond donors (Lipinski definition) is 1. The molecule has 1 fully saturated rings. The highest BCUT2D eigenvalue weighted by atomic mass is 16.5. The van der Waals surface area contributed by atoms with Crippen molar-refractivity contribution in [2.45, 2.75) is 12.5 Å². The molecule has 0 radical (unpaired) electrons. The third-order valence-electron chi connectivity index (χ3n) is 3.76. The Kier molecular flexibility index (Phi) is 3.89. The molecular formula is C15H20N2O3. The van der Waals surface area contributed by atoms with Crippen molar-refractivity contribution in [3.63, 3.8) is 0 Å². The van der Waals surface area contributed by atoms with Crippen LogP contribution in [0, 0.1) is 0 Å². The highest BCUT2D eigenvalue weighted by Crippen LogP contribution is 2.26. The van der Waals surface area contributed by atoms with Crippen molar-refractivity contribution in [1.29, 1.82) is 0 Å². The van der Waals surface area contributed by atoms with Crippen LogP contribution in [0.5, 0.6) is 5.75 Å². The average Bonchev–Trinajstić information content (AvgIpc) is 2.94. The second-order valence-corrected chi connectivity index (χ2v) is 5.30. The molecule has 0 saturated carbocycles. The summed E-state index contributed by atoms with van der Waals surface area (Å²) in [5, 5.41) is 3.27. The lowest BCUT2D eigenvalue weighted by molar-refractivity contribution is 0.0104. The maximum absolute atomic E-state index is 12.4. The summed E-state index contributed by atoms with van der Waals surface area (Å²) in [6.45, 7) is 3.72. The molecule has 2 aliphatic rings. The van der Waals surface area contributed by atoms with Crippen LogP contribution in [0.3, 0.4) is 0 Å². The fourth-order valence-electron chi connectivity index (χ4n) is 2.67. The van der Waals surface area contributed by atoms with Crippen LogP contribution in [0.15, 0.2) is 18.2 Å². The largest absolute Gasteiger partial charge is 0.493 e. The van der Waals surface area contributed by atoms with Crippen LogP contribution in [0.25, 0.3) is 0 Å². The fraction of sp³-hybridized carbons (Fsp3) is 0.533. The number of nitrogens with one attached hydrogen (secondary N) is 1. The van der Waals surface area contributed by atoms with Gasteiger partial charge < -0.3 is 19.7 Å². The molecule has 0 spiro atoms. The Labute approximate surface area is 118 Å². The maximum atomic E-state index is 12.4. The van der Waals surface area contributed by atoms with E-state index in [1.165, 1.54) is 0 Å². The number of ether oxygens (including phenoxy) is 2. The zero-order valence-electron chi connectivity index (χ0n) is 11.7. The van der Waals surface area contributed by atoms with Crippen molar-refractivity contribution < 1.29 is 14.3 Å². The van der Waals surface area contributed by atoms with Gasteiger partial charge in [-0.1, -0.05) is 0 Å². The molecule has 1 atom stereocenters. The summed E-state index contributed by atoms with van der Waals surface area (Å²) >= 11 is 0. The van der Waals surface area contributed by atoms with E-state index in [0.29, 0.717) is 19.8 Å². The van der Waals surface area contributed by atoms with Crippen LogP contribution >= 0.6 is 0 Å². The lowest BCUT2D eigenvalue weighted by Gasteiger charge is -2.28. The van der Waals surface area contributed by atoms with E-state index in [4.69, 9.17) is 9.47 Å². The number of rotatable bonds is 3. The van der Waals surface area contributed by atoms with Crippen LogP contribution in [0.4, 0.5) is 0 Å². The lowest BCUT2D eigenvalue weighted by Crippen LogP contribution is -2.45. The summed E-state index contributed by atoms with van der Waals surface area (Å²) in [5.74, 6) is 0.942. The first-order valence-electron chi connectivity index (χ1n) is 7.07. The Morgan fingerprint density at radius 3 is 3.15 bits per heavy atom. The number of likely N-dealkylation sites (N-methyl/N-ethyl adjacent to an activating group) is 1. The van der Waals surface area contributed by atoms with Gasteiger partial charge in [-0.2, -0.15) is 0 Å². The first-order chi connectivity index (χ1) is 9.74. The summed E-state index contributed by atoms with van der Waals surface area (Å²) < 4.78 is 11.1. The number of fused-ring (bicyclic) bond motifs is 1. The van der Waals surface area contributed by atoms with E-state index >= 15 is 0 Å². The molecule has 5 nitrogen and oxygen atoms in total. The van der Waals surface area contributed by atoms with Gasteiger partial charge in [-0.05, 0) is 23.8 Å². The third-order valence-corrected chi connectivity index (χ3v) is 3.76. The molecule has 1 aromatic rings. The van der Waals surface area contributed by atoms with Crippen molar-refractivity contribution in [2.75, 3.05) is 39.9 Å². The van der Waals surface area contributed by atoms with Gasteiger partial charge in [-0.25, -0.2) is 0 Å². The average molecular weight is 276 g/mol. The molecule has 0 aliphatic carbocycles. The fourth-order valence-corrected chi connectivity index (χ4v) is 2.67. The van der Waals surface area contributed by atoms with Crippen molar-refractivity contribution in [3.05, 3.63) is 29.3 Å². The summed E-state index contributed by atoms with van der Waals surface area (Å²) in [5.41, 5.74) is 1.85. The van der Waals surface area contributed by atoms with Crippen molar-refractivity contribution >= 4 is 5.91 Å². The summed E-state index contributed by atoms with van der Waals surface area (Å²) in [6.07, 6.45) is 0.964. The van der Waals surface area contributed by atoms with Crippen LogP contribution < -0.4 is 10.1 Å². The van der Waals surface area contributed by atoms with Crippen LogP contribution in [-0.4, -0.2) is 56.8 Å². The first kappa shape index (κ1) is 13.4. The number of benzene rings is 1. The lowest BCUT2D eigenvalue weighted by atomic mass is 10.1. The number of amides is 1. The Bertz CT molecular complexity index is 498. The van der Waals surface area contributed by atoms with Gasteiger partial charge in [0.15, 0.2) is 0 Å². The van der Waals surface area contributed by atoms with E-state index in [-0.39, 0.29) is 12.0 Å². The number of nitrogens with zero attached hydrogens (tertiary/aromatic N) is 1. The molecule has 1 unspecified atom stereocenters. The van der Waals surface area contributed by atoms with Crippen molar-refractivity contribution in [3.8, 4) is 5.75 Å². The molecule has 20 heavy (non-hydrogen) atoms. The molecule has 0 aromatic heterocycles. The van der Waals surface area contributed by atoms with Gasteiger partial charge in [-0.3, -0.25) is 4.79 Å². The van der Waals surface area contributed by atoms with E-state index in [1.807, 2.05) is 25.2 Å². The van der Waals surface area contributed by atoms with Gasteiger partial charge in [0.25, 0.3) is 5.91 Å². The smallest absolute Gasteiger partial charge is 0.253 e. The van der Waals surface area contributed by atoms with Crippen molar-refractivity contribution in [2.24, 2.45) is 0 Å². The Balaban J connectivity index is 1.65. The highest BCUT2D eigenvalue weighted by Gasteiger charge is 2.21. The minimum atomic E-state index is 0.0360. The Morgan fingerprint density at radius 1 is 1.45 bits per heavy atom. The molecule has 1 saturated heterocycles. The quantitative estimate of drug-likeness (QED) is 0.882. The van der Waals surface area contributed by atoms with Gasteiger partial charge in [0.1, 0.15) is 5.75 Å². The Morgan fingerprint density at radius 2 is 2.35 bits per heavy atom. The molecular weight excluding hydrogens is 256 g/mol. The monoisotopic (exact) mass is 276 g/mol. The van der Waals surface area contributed by atoms with Gasteiger partial charge in [0.2, 0.25) is 0 Å². The molecule has 108 valence electrons. The molecule has 5 heteroatoms. The van der Waals surface area contributed by atoms with Gasteiger partial charge in [0.05, 0.1) is 19.3 Å². The molecule has 1 amide bonds. The number of carbonyl (C=O) groups is 1. The topological polar surface area (TPSA) is 50.8 Å². The van der Waals surface area contributed by atoms with E-state index in [9.17, 15) is 4.79 Å². The molecule has 2 heterocycles. The second-order valence-electron chi connectivity index (χ2n) is 5.30. The van der Waals surface area contributed by atoms with E-state index < -0.39 is 0 Å². The minimum absolute atomic E-state index is 0.0360. The minimum Gasteiger partial charge on any atom is -0.493 e. The van der Waals surface area contributed by atoms with Gasteiger partial charge in [0, 0.05) is 38.7 Å². The number of carbonyl (C=O) groups excluding carboxylic acids is 1. The predicted molar refractivity (Wildman–Crippen MR) is 75.2 cm³/mol. The van der Waals surface area contributed by atoms with Crippen LogP contribution in [0.1, 0.15) is 15.9 Å². The van der Waals surface area contributed by atoms with Gasteiger partial charge in [-0.15, -0.1) is 0 Å². The molecule has 1 aromatic carbocycles. The highest BCUT2D eigenvalue weighted by molar-refractivity contribution is 5.94. The zero-order chi connectivity index (χ0) is 13.9. The Hall–Kier alpha value is -1.59. The SMILES string of the molecule is CN(CC1CNCCO1)C(=O)c1ccc2c(c1)CCO2. The van der Waals surface area contributed by atoms with E-state index in [0.717, 1.165) is 36.4 Å². The molecule has 3 rings (SSSR count). The first-order valence-corrected chi connectivity index (χ1v) is 7.07. The van der Waals surface area contributed by atoms with E-state index in [2.05, 4.69) is 5.32 Å². The van der Waals surface area contributed by atoms with Crippen molar-refractivity contribution in [1.82, 2.24) is 10.2 Å². The summed E-state index contributed by atoms with van der Waals surface area (Å²) in [4.78, 5) is 14.2. The summed E-state index contributed by atoms with van der Waals surface area (Å²) in [6, 6.07) is 5.67. The van der Waals surface area contributed by atoms with Crippen LogP contribution in [-0.2, 0) is 11.2 Å². The van der Waals surface area contributed by atoms with Gasteiger partial charge >= 0.3 is 0 Å². The number of hydrogen-bond acceptors (Lipinski definition) is 4. The predicted octanol–water partition coefficient (Wildman–Crippen LogP) is 0.682. The van der Waals surface area contributed by atoms with Crippen LogP contribution in [0.2, 0.25) is 0 Å². The third kappa shape index (κ3) is 2.78. The normalized spacial score (nSPS) is 21.1. The number of morpholine rings is 1. The van der Waals surface area contributed by atoms with E-state index in [1.54, 1.807) is 4.90 Å².